The predicted molar refractivity (Wildman–Crippen MR) is 127 cm³/mol. The Bertz CT molecular complexity index is 1190. The average molecular weight is 445 g/mol. The minimum absolute atomic E-state index is 0.0164. The molecule has 0 atom stereocenters. The highest BCUT2D eigenvalue weighted by Gasteiger charge is 2.24. The Labute approximate surface area is 194 Å². The molecule has 3 aromatic rings. The van der Waals surface area contributed by atoms with Gasteiger partial charge in [-0.05, 0) is 69.5 Å². The highest BCUT2D eigenvalue weighted by atomic mass is 16.6. The number of nitrogens with zero attached hydrogens (tertiary/aromatic N) is 4. The van der Waals surface area contributed by atoms with Crippen LogP contribution in [0.5, 0.6) is 0 Å². The number of aromatic nitrogens is 2. The average Bonchev–Trinajstić information content (AvgIpc) is 2.81. The molecular formula is C26H28N4O3. The van der Waals surface area contributed by atoms with Gasteiger partial charge in [-0.3, -0.25) is 4.98 Å². The van der Waals surface area contributed by atoms with Crippen molar-refractivity contribution in [3.63, 3.8) is 0 Å². The van der Waals surface area contributed by atoms with Gasteiger partial charge in [0.2, 0.25) is 0 Å². The van der Waals surface area contributed by atoms with E-state index in [1.807, 2.05) is 57.2 Å². The summed E-state index contributed by atoms with van der Waals surface area (Å²) in [5.74, 6) is 0.538. The van der Waals surface area contributed by atoms with Gasteiger partial charge < -0.3 is 14.4 Å². The molecule has 33 heavy (non-hydrogen) atoms. The fourth-order valence-electron chi connectivity index (χ4n) is 3.99. The van der Waals surface area contributed by atoms with Crippen LogP contribution in [0.25, 0.3) is 22.2 Å². The summed E-state index contributed by atoms with van der Waals surface area (Å²) in [5, 5.41) is 9.31. The molecule has 0 N–H and O–H groups in total. The summed E-state index contributed by atoms with van der Waals surface area (Å²) in [4.78, 5) is 23.6. The first-order chi connectivity index (χ1) is 15.8. The van der Waals surface area contributed by atoms with Gasteiger partial charge >= 0.3 is 5.97 Å². The van der Waals surface area contributed by atoms with Crippen LogP contribution >= 0.6 is 0 Å². The molecule has 0 aliphatic carbocycles. The van der Waals surface area contributed by atoms with E-state index < -0.39 is 5.60 Å². The highest BCUT2D eigenvalue weighted by molar-refractivity contribution is 5.93. The predicted octanol–water partition coefficient (Wildman–Crippen LogP) is 4.50. The minimum Gasteiger partial charge on any atom is -0.458 e. The van der Waals surface area contributed by atoms with Crippen LogP contribution in [0, 0.1) is 11.3 Å². The van der Waals surface area contributed by atoms with Gasteiger partial charge in [0, 0.05) is 24.8 Å². The molecule has 0 spiro atoms. The van der Waals surface area contributed by atoms with Crippen LogP contribution in [0.3, 0.4) is 0 Å². The second-order valence-electron chi connectivity index (χ2n) is 9.18. The maximum absolute atomic E-state index is 11.9. The molecule has 0 amide bonds. The van der Waals surface area contributed by atoms with Crippen LogP contribution in [0.4, 0.5) is 5.82 Å². The first kappa shape index (κ1) is 22.7. The quantitative estimate of drug-likeness (QED) is 0.536. The van der Waals surface area contributed by atoms with E-state index in [1.54, 1.807) is 12.3 Å². The van der Waals surface area contributed by atoms with E-state index in [1.165, 1.54) is 0 Å². The van der Waals surface area contributed by atoms with Crippen molar-refractivity contribution in [2.24, 2.45) is 0 Å². The molecule has 0 unspecified atom stereocenters. The van der Waals surface area contributed by atoms with Crippen molar-refractivity contribution < 1.29 is 14.3 Å². The number of rotatable bonds is 5. The van der Waals surface area contributed by atoms with Gasteiger partial charge in [0.15, 0.2) is 0 Å². The van der Waals surface area contributed by atoms with Crippen LogP contribution < -0.4 is 4.90 Å². The molecule has 7 nitrogen and oxygen atoms in total. The molecule has 0 radical (unpaired) electrons. The third kappa shape index (κ3) is 5.65. The molecular weight excluding hydrogens is 416 g/mol. The van der Waals surface area contributed by atoms with Crippen molar-refractivity contribution in [3.05, 3.63) is 54.2 Å². The lowest BCUT2D eigenvalue weighted by Crippen LogP contribution is -2.38. The Kier molecular flexibility index (Phi) is 6.57. The van der Waals surface area contributed by atoms with Crippen molar-refractivity contribution in [2.45, 2.75) is 45.3 Å². The van der Waals surface area contributed by atoms with E-state index in [4.69, 9.17) is 14.5 Å². The summed E-state index contributed by atoms with van der Waals surface area (Å²) >= 11 is 0. The molecule has 2 aromatic heterocycles. The zero-order chi connectivity index (χ0) is 23.4. The lowest BCUT2D eigenvalue weighted by atomic mass is 10.0. The molecule has 1 aliphatic rings. The summed E-state index contributed by atoms with van der Waals surface area (Å²) in [6, 6.07) is 15.6. The second kappa shape index (κ2) is 9.55. The molecule has 7 heteroatoms. The SMILES string of the molecule is CC(C)(C)OC(=O)COC1CCN(c2cc(-c3cccc(C#N)c3)c3ncccc3n2)CC1. The largest absolute Gasteiger partial charge is 0.458 e. The van der Waals surface area contributed by atoms with Crippen LogP contribution in [0.1, 0.15) is 39.2 Å². The molecule has 3 heterocycles. The Hall–Kier alpha value is -3.50. The number of anilines is 1. The van der Waals surface area contributed by atoms with Gasteiger partial charge in [-0.2, -0.15) is 5.26 Å². The lowest BCUT2D eigenvalue weighted by Gasteiger charge is -2.33. The number of carbonyl (C=O) groups excluding carboxylic acids is 1. The van der Waals surface area contributed by atoms with Crippen LogP contribution in [0.2, 0.25) is 0 Å². The molecule has 0 bridgehead atoms. The van der Waals surface area contributed by atoms with E-state index in [0.717, 1.165) is 53.9 Å². The monoisotopic (exact) mass is 444 g/mol. The van der Waals surface area contributed by atoms with Crippen LogP contribution in [-0.2, 0) is 14.3 Å². The molecule has 1 aromatic carbocycles. The normalized spacial score (nSPS) is 14.8. The van der Waals surface area contributed by atoms with E-state index >= 15 is 0 Å². The third-order valence-corrected chi connectivity index (χ3v) is 5.48. The van der Waals surface area contributed by atoms with E-state index in [9.17, 15) is 10.1 Å². The van der Waals surface area contributed by atoms with Gasteiger partial charge in [-0.1, -0.05) is 12.1 Å². The molecule has 1 fully saturated rings. The summed E-state index contributed by atoms with van der Waals surface area (Å²) in [6.45, 7) is 7.06. The summed E-state index contributed by atoms with van der Waals surface area (Å²) in [6.07, 6.45) is 3.38. The van der Waals surface area contributed by atoms with Crippen molar-refractivity contribution in [3.8, 4) is 17.2 Å². The van der Waals surface area contributed by atoms with Crippen molar-refractivity contribution >= 4 is 22.8 Å². The fraction of sp³-hybridized carbons (Fsp3) is 0.385. The first-order valence-corrected chi connectivity index (χ1v) is 11.2. The number of ether oxygens (including phenoxy) is 2. The molecule has 0 saturated carbocycles. The van der Waals surface area contributed by atoms with Crippen LogP contribution in [0.15, 0.2) is 48.7 Å². The number of fused-ring (bicyclic) bond motifs is 1. The molecule has 170 valence electrons. The van der Waals surface area contributed by atoms with Gasteiger partial charge in [-0.15, -0.1) is 0 Å². The Morgan fingerprint density at radius 1 is 1.18 bits per heavy atom. The maximum Gasteiger partial charge on any atom is 0.332 e. The fourth-order valence-corrected chi connectivity index (χ4v) is 3.99. The van der Waals surface area contributed by atoms with Gasteiger partial charge in [0.25, 0.3) is 0 Å². The van der Waals surface area contributed by atoms with Gasteiger partial charge in [0.05, 0.1) is 28.8 Å². The van der Waals surface area contributed by atoms with Crippen LogP contribution in [-0.4, -0.2) is 47.3 Å². The smallest absolute Gasteiger partial charge is 0.332 e. The third-order valence-electron chi connectivity index (χ3n) is 5.48. The highest BCUT2D eigenvalue weighted by Crippen LogP contribution is 2.31. The van der Waals surface area contributed by atoms with Gasteiger partial charge in [0.1, 0.15) is 18.0 Å². The van der Waals surface area contributed by atoms with Crippen molar-refractivity contribution in [1.82, 2.24) is 9.97 Å². The number of benzene rings is 1. The number of nitriles is 1. The van der Waals surface area contributed by atoms with E-state index in [2.05, 4.69) is 16.0 Å². The Balaban J connectivity index is 1.49. The van der Waals surface area contributed by atoms with E-state index in [0.29, 0.717) is 5.56 Å². The maximum atomic E-state index is 11.9. The number of pyridine rings is 2. The Morgan fingerprint density at radius 2 is 1.97 bits per heavy atom. The minimum atomic E-state index is -0.509. The summed E-state index contributed by atoms with van der Waals surface area (Å²) < 4.78 is 11.1. The second-order valence-corrected chi connectivity index (χ2v) is 9.18. The lowest BCUT2D eigenvalue weighted by molar-refractivity contribution is -0.162. The van der Waals surface area contributed by atoms with E-state index in [-0.39, 0.29) is 18.7 Å². The van der Waals surface area contributed by atoms with Crippen molar-refractivity contribution in [1.29, 1.82) is 5.26 Å². The van der Waals surface area contributed by atoms with Gasteiger partial charge in [-0.25, -0.2) is 9.78 Å². The first-order valence-electron chi connectivity index (χ1n) is 11.2. The number of carbonyl (C=O) groups is 1. The standard InChI is InChI=1S/C26H28N4O3/c1-26(2,3)33-24(31)17-32-20-9-12-30(13-10-20)23-15-21(19-7-4-6-18(14-19)16-27)25-22(29-23)8-5-11-28-25/h4-8,11,14-15,20H,9-10,12-13,17H2,1-3H3. The molecule has 4 rings (SSSR count). The number of esters is 1. The number of hydrogen-bond donors (Lipinski definition) is 0. The molecule has 1 aliphatic heterocycles. The number of hydrogen-bond acceptors (Lipinski definition) is 7. The van der Waals surface area contributed by atoms with Crippen molar-refractivity contribution in [2.75, 3.05) is 24.6 Å². The molecule has 1 saturated heterocycles. The zero-order valence-corrected chi connectivity index (χ0v) is 19.2. The Morgan fingerprint density at radius 3 is 2.70 bits per heavy atom. The topological polar surface area (TPSA) is 88.3 Å². The number of piperidine rings is 1. The summed E-state index contributed by atoms with van der Waals surface area (Å²) in [5.41, 5.74) is 3.62. The summed E-state index contributed by atoms with van der Waals surface area (Å²) in [7, 11) is 0. The zero-order valence-electron chi connectivity index (χ0n) is 19.2.